The van der Waals surface area contributed by atoms with Crippen LogP contribution in [-0.2, 0) is 6.42 Å². The van der Waals surface area contributed by atoms with Gasteiger partial charge in [-0.05, 0) is 59.2 Å². The molecule has 0 aliphatic carbocycles. The molecule has 4 heterocycles. The van der Waals surface area contributed by atoms with Gasteiger partial charge in [0.15, 0.2) is 0 Å². The van der Waals surface area contributed by atoms with Crippen molar-refractivity contribution in [1.29, 1.82) is 0 Å². The quantitative estimate of drug-likeness (QED) is 0.335. The zero-order chi connectivity index (χ0) is 25.6. The molecule has 0 radical (unpaired) electrons. The Labute approximate surface area is 226 Å². The molecule has 4 atom stereocenters. The number of rotatable bonds is 1. The van der Waals surface area contributed by atoms with Crippen LogP contribution in [0.1, 0.15) is 65.6 Å². The van der Waals surface area contributed by atoms with Gasteiger partial charge in [-0.15, -0.1) is 0 Å². The van der Waals surface area contributed by atoms with Gasteiger partial charge >= 0.3 is 0 Å². The van der Waals surface area contributed by atoms with E-state index in [0.29, 0.717) is 12.0 Å². The van der Waals surface area contributed by atoms with Crippen molar-refractivity contribution >= 4 is 5.57 Å². The molecule has 4 aliphatic heterocycles. The molecule has 4 aliphatic rings. The normalized spacial score (nSPS) is 25.8. The molecule has 2 nitrogen and oxygen atoms in total. The lowest BCUT2D eigenvalue weighted by atomic mass is 9.74. The molecule has 0 saturated heterocycles. The number of hydrogen-bond acceptors (Lipinski definition) is 2. The van der Waals surface area contributed by atoms with Crippen molar-refractivity contribution < 1.29 is 0 Å². The minimum atomic E-state index is 0.158. The zero-order valence-corrected chi connectivity index (χ0v) is 22.0. The van der Waals surface area contributed by atoms with Crippen molar-refractivity contribution in [2.45, 2.75) is 50.2 Å². The van der Waals surface area contributed by atoms with Crippen LogP contribution in [-0.4, -0.2) is 15.8 Å². The molecule has 3 aromatic carbocycles. The van der Waals surface area contributed by atoms with Crippen LogP contribution in [0.2, 0.25) is 0 Å². The van der Waals surface area contributed by atoms with Gasteiger partial charge in [0.2, 0.25) is 0 Å². The lowest BCUT2D eigenvalue weighted by Crippen LogP contribution is -2.45. The Balaban J connectivity index is 1.37. The SMILES string of the molecule is C=C1CC2C(CCc3ccccc3C3C=C(C)C(c4ccccc4)=CN13)c1ccccc1C1C=CC=CN12. The van der Waals surface area contributed by atoms with Crippen molar-refractivity contribution in [3.63, 3.8) is 0 Å². The Bertz CT molecular complexity index is 1510. The molecule has 38 heavy (non-hydrogen) atoms. The summed E-state index contributed by atoms with van der Waals surface area (Å²) in [5, 5.41) is 0. The zero-order valence-electron chi connectivity index (χ0n) is 22.0. The van der Waals surface area contributed by atoms with Crippen molar-refractivity contribution in [1.82, 2.24) is 9.80 Å². The first-order valence-corrected chi connectivity index (χ1v) is 13.9. The minimum absolute atomic E-state index is 0.158. The van der Waals surface area contributed by atoms with Gasteiger partial charge in [0, 0.05) is 42.1 Å². The van der Waals surface area contributed by atoms with Gasteiger partial charge in [-0.1, -0.05) is 104 Å². The van der Waals surface area contributed by atoms with E-state index in [-0.39, 0.29) is 12.1 Å². The average Bonchev–Trinajstić information content (AvgIpc) is 2.97. The van der Waals surface area contributed by atoms with Crippen molar-refractivity contribution in [2.75, 3.05) is 0 Å². The lowest BCUT2D eigenvalue weighted by molar-refractivity contribution is 0.164. The molecule has 0 saturated carbocycles. The van der Waals surface area contributed by atoms with E-state index < -0.39 is 0 Å². The number of benzene rings is 3. The van der Waals surface area contributed by atoms with Crippen LogP contribution in [0.25, 0.3) is 5.57 Å². The van der Waals surface area contributed by atoms with Crippen LogP contribution in [0.4, 0.5) is 0 Å². The minimum Gasteiger partial charge on any atom is -0.363 e. The molecule has 2 heteroatoms. The summed E-state index contributed by atoms with van der Waals surface area (Å²) in [5.41, 5.74) is 10.9. The highest BCUT2D eigenvalue weighted by atomic mass is 15.2. The van der Waals surface area contributed by atoms with Gasteiger partial charge in [-0.25, -0.2) is 0 Å². The highest BCUT2D eigenvalue weighted by Gasteiger charge is 2.40. The fourth-order valence-electron chi connectivity index (χ4n) is 7.10. The molecule has 0 N–H and O–H groups in total. The van der Waals surface area contributed by atoms with E-state index in [4.69, 9.17) is 6.58 Å². The summed E-state index contributed by atoms with van der Waals surface area (Å²) in [6.07, 6.45) is 17.0. The van der Waals surface area contributed by atoms with Crippen LogP contribution in [0.3, 0.4) is 0 Å². The van der Waals surface area contributed by atoms with Crippen LogP contribution in [0.5, 0.6) is 0 Å². The Morgan fingerprint density at radius 2 is 1.53 bits per heavy atom. The van der Waals surface area contributed by atoms with Crippen LogP contribution < -0.4 is 0 Å². The van der Waals surface area contributed by atoms with Gasteiger partial charge in [0.25, 0.3) is 0 Å². The number of hydrogen-bond donors (Lipinski definition) is 0. The molecule has 0 spiro atoms. The summed E-state index contributed by atoms with van der Waals surface area (Å²) < 4.78 is 0. The number of allylic oxidation sites excluding steroid dienone is 4. The van der Waals surface area contributed by atoms with Crippen molar-refractivity contribution in [3.05, 3.63) is 161 Å². The van der Waals surface area contributed by atoms with E-state index in [0.717, 1.165) is 19.3 Å². The molecule has 4 unspecified atom stereocenters. The number of nitrogens with zero attached hydrogens (tertiary/aromatic N) is 2. The number of fused-ring (bicyclic) bond motifs is 9. The summed E-state index contributed by atoms with van der Waals surface area (Å²) >= 11 is 0. The van der Waals surface area contributed by atoms with Crippen LogP contribution in [0.15, 0.2) is 133 Å². The monoisotopic (exact) mass is 494 g/mol. The molecule has 3 aromatic rings. The molecular weight excluding hydrogens is 460 g/mol. The second kappa shape index (κ2) is 9.36. The van der Waals surface area contributed by atoms with E-state index in [1.54, 1.807) is 0 Å². The third-order valence-electron chi connectivity index (χ3n) is 8.94. The van der Waals surface area contributed by atoms with Crippen molar-refractivity contribution in [2.24, 2.45) is 0 Å². The topological polar surface area (TPSA) is 6.48 Å². The molecule has 0 amide bonds. The van der Waals surface area contributed by atoms with Crippen LogP contribution in [0, 0.1) is 0 Å². The predicted molar refractivity (Wildman–Crippen MR) is 157 cm³/mol. The van der Waals surface area contributed by atoms with E-state index in [9.17, 15) is 0 Å². The molecule has 0 fully saturated rings. The highest BCUT2D eigenvalue weighted by molar-refractivity contribution is 5.79. The second-order valence-corrected chi connectivity index (χ2v) is 11.0. The molecule has 0 bridgehead atoms. The second-order valence-electron chi connectivity index (χ2n) is 11.0. The van der Waals surface area contributed by atoms with Crippen LogP contribution >= 0.6 is 0 Å². The maximum atomic E-state index is 4.77. The maximum absolute atomic E-state index is 4.77. The first-order valence-electron chi connectivity index (χ1n) is 13.9. The molecular formula is C36H34N2. The van der Waals surface area contributed by atoms with Gasteiger partial charge in [0.1, 0.15) is 0 Å². The van der Waals surface area contributed by atoms with E-state index in [1.165, 1.54) is 44.7 Å². The lowest BCUT2D eigenvalue weighted by Gasteiger charge is -2.49. The van der Waals surface area contributed by atoms with Gasteiger partial charge in [-0.2, -0.15) is 0 Å². The Morgan fingerprint density at radius 3 is 2.37 bits per heavy atom. The smallest absolute Gasteiger partial charge is 0.0775 e. The van der Waals surface area contributed by atoms with Gasteiger partial charge in [-0.3, -0.25) is 0 Å². The third kappa shape index (κ3) is 3.79. The summed E-state index contributed by atoms with van der Waals surface area (Å²) in [6.45, 7) is 7.02. The Kier molecular flexibility index (Phi) is 5.69. The molecule has 188 valence electrons. The van der Waals surface area contributed by atoms with E-state index in [2.05, 4.69) is 132 Å². The fourth-order valence-corrected chi connectivity index (χ4v) is 7.10. The highest BCUT2D eigenvalue weighted by Crippen LogP contribution is 2.48. The fraction of sp³-hybridized carbons (Fsp3) is 0.222. The molecule has 0 aromatic heterocycles. The molecule has 7 rings (SSSR count). The maximum Gasteiger partial charge on any atom is 0.0775 e. The Hall–Kier alpha value is -4.04. The first-order chi connectivity index (χ1) is 18.7. The van der Waals surface area contributed by atoms with E-state index >= 15 is 0 Å². The summed E-state index contributed by atoms with van der Waals surface area (Å²) in [5.74, 6) is 0.444. The largest absolute Gasteiger partial charge is 0.363 e. The van der Waals surface area contributed by atoms with E-state index in [1.807, 2.05) is 0 Å². The Morgan fingerprint density at radius 1 is 0.789 bits per heavy atom. The first kappa shape index (κ1) is 23.1. The van der Waals surface area contributed by atoms with Gasteiger partial charge < -0.3 is 9.80 Å². The summed E-state index contributed by atoms with van der Waals surface area (Å²) in [4.78, 5) is 5.07. The van der Waals surface area contributed by atoms with Crippen molar-refractivity contribution in [3.8, 4) is 0 Å². The summed E-state index contributed by atoms with van der Waals surface area (Å²) in [6, 6.07) is 29.8. The standard InChI is InChI=1S/C36H34N2/c1-25-22-35-29-15-7-6-14-28(29)19-20-32-30-16-8-9-17-31(30)34-18-10-11-21-37(34)36(32)23-26(2)38(35)24-33(25)27-12-4-3-5-13-27/h3-18,21-22,24,32,34-36H,2,19-20,23H2,1H3. The summed E-state index contributed by atoms with van der Waals surface area (Å²) in [7, 11) is 0. The van der Waals surface area contributed by atoms with Gasteiger partial charge in [0.05, 0.1) is 12.1 Å². The third-order valence-corrected chi connectivity index (χ3v) is 8.94. The predicted octanol–water partition coefficient (Wildman–Crippen LogP) is 8.47. The average molecular weight is 495 g/mol. The number of aryl methyl sites for hydroxylation is 1.